The Balaban J connectivity index is 1.39. The molecule has 0 spiro atoms. The molecule has 0 saturated carbocycles. The summed E-state index contributed by atoms with van der Waals surface area (Å²) in [4.78, 5) is 48.6. The molecule has 4 aromatic carbocycles. The van der Waals surface area contributed by atoms with Gasteiger partial charge in [0.2, 0.25) is 0 Å². The van der Waals surface area contributed by atoms with Gasteiger partial charge >= 0.3 is 5.97 Å². The van der Waals surface area contributed by atoms with Gasteiger partial charge in [0.25, 0.3) is 17.5 Å². The fourth-order valence-corrected chi connectivity index (χ4v) is 4.20. The second-order valence-corrected chi connectivity index (χ2v) is 9.59. The number of non-ortho nitro benzene ring substituents is 1. The van der Waals surface area contributed by atoms with E-state index in [0.29, 0.717) is 41.5 Å². The Morgan fingerprint density at radius 3 is 2.02 bits per heavy atom. The third-order valence-electron chi connectivity index (χ3n) is 6.35. The van der Waals surface area contributed by atoms with Crippen molar-refractivity contribution in [3.05, 3.63) is 117 Å². The first-order valence-electron chi connectivity index (χ1n) is 14.6. The maximum Gasteiger partial charge on any atom is 0.343 e. The molecule has 0 radical (unpaired) electrons. The molecule has 2 N–H and O–H groups in total. The van der Waals surface area contributed by atoms with Gasteiger partial charge in [0.05, 0.1) is 36.5 Å². The molecule has 47 heavy (non-hydrogen) atoms. The second kappa shape index (κ2) is 16.2. The summed E-state index contributed by atoms with van der Waals surface area (Å²) in [6.45, 7) is 6.59. The predicted octanol–water partition coefficient (Wildman–Crippen LogP) is 6.03. The van der Waals surface area contributed by atoms with Crippen LogP contribution in [-0.4, -0.2) is 48.7 Å². The number of nitro groups is 1. The van der Waals surface area contributed by atoms with Crippen LogP contribution in [0.25, 0.3) is 0 Å². The standard InChI is InChI=1S/C34H32N4O9/c1-4-44-28-17-13-25(20-31(28)46-6-3)32(39)36-26-9-7-8-24(19-26)33(40)37-35-21-22-10-16-29(30(18-22)45-5-2)47-34(41)23-11-14-27(15-12-23)38(42)43/h7-21H,4-6H2,1-3H3,(H,36,39)(H,37,40). The van der Waals surface area contributed by atoms with Gasteiger partial charge in [-0.3, -0.25) is 19.7 Å². The number of benzene rings is 4. The summed E-state index contributed by atoms with van der Waals surface area (Å²) in [6.07, 6.45) is 1.38. The Morgan fingerprint density at radius 2 is 1.34 bits per heavy atom. The topological polar surface area (TPSA) is 168 Å². The van der Waals surface area contributed by atoms with E-state index in [1.807, 2.05) is 13.8 Å². The predicted molar refractivity (Wildman–Crippen MR) is 174 cm³/mol. The molecule has 0 bridgehead atoms. The number of hydrogen-bond acceptors (Lipinski definition) is 10. The lowest BCUT2D eigenvalue weighted by atomic mass is 10.1. The lowest BCUT2D eigenvalue weighted by Crippen LogP contribution is -2.18. The summed E-state index contributed by atoms with van der Waals surface area (Å²) < 4.78 is 22.2. The molecule has 0 aromatic heterocycles. The van der Waals surface area contributed by atoms with Crippen LogP contribution < -0.4 is 29.7 Å². The van der Waals surface area contributed by atoms with Gasteiger partial charge in [0, 0.05) is 28.9 Å². The quantitative estimate of drug-likeness (QED) is 0.0550. The summed E-state index contributed by atoms with van der Waals surface area (Å²) in [7, 11) is 0. The number of anilines is 1. The van der Waals surface area contributed by atoms with E-state index in [4.69, 9.17) is 18.9 Å². The van der Waals surface area contributed by atoms with Crippen LogP contribution in [0.1, 0.15) is 57.4 Å². The first kappa shape index (κ1) is 33.6. The summed E-state index contributed by atoms with van der Waals surface area (Å²) in [5.41, 5.74) is 3.97. The molecule has 13 nitrogen and oxygen atoms in total. The largest absolute Gasteiger partial charge is 0.490 e. The number of carbonyl (C=O) groups excluding carboxylic acids is 3. The Hall–Kier alpha value is -6.24. The number of nitro benzene ring substituents is 1. The van der Waals surface area contributed by atoms with E-state index in [1.54, 1.807) is 55.5 Å². The highest BCUT2D eigenvalue weighted by atomic mass is 16.6. The Bertz CT molecular complexity index is 1790. The van der Waals surface area contributed by atoms with E-state index in [-0.39, 0.29) is 34.9 Å². The van der Waals surface area contributed by atoms with Gasteiger partial charge in [0.1, 0.15) is 0 Å². The van der Waals surface area contributed by atoms with Gasteiger partial charge in [0.15, 0.2) is 23.0 Å². The van der Waals surface area contributed by atoms with Gasteiger partial charge in [-0.05, 0) is 93.1 Å². The number of ether oxygens (including phenoxy) is 4. The van der Waals surface area contributed by atoms with Gasteiger partial charge < -0.3 is 24.3 Å². The van der Waals surface area contributed by atoms with E-state index < -0.39 is 22.7 Å². The third kappa shape index (κ3) is 9.14. The van der Waals surface area contributed by atoms with E-state index in [9.17, 15) is 24.5 Å². The molecule has 0 saturated heterocycles. The van der Waals surface area contributed by atoms with E-state index in [0.717, 1.165) is 0 Å². The van der Waals surface area contributed by atoms with Crippen LogP contribution in [-0.2, 0) is 0 Å². The third-order valence-corrected chi connectivity index (χ3v) is 6.35. The Morgan fingerprint density at radius 1 is 0.723 bits per heavy atom. The zero-order valence-electron chi connectivity index (χ0n) is 25.9. The van der Waals surface area contributed by atoms with Gasteiger partial charge in [-0.15, -0.1) is 0 Å². The summed E-state index contributed by atoms with van der Waals surface area (Å²) in [5.74, 6) is -0.246. The average molecular weight is 641 g/mol. The number of amides is 2. The zero-order chi connectivity index (χ0) is 33.8. The fraction of sp³-hybridized carbons (Fsp3) is 0.176. The number of hydrazone groups is 1. The van der Waals surface area contributed by atoms with E-state index in [2.05, 4.69) is 15.8 Å². The number of nitrogens with one attached hydrogen (secondary N) is 2. The van der Waals surface area contributed by atoms with Crippen LogP contribution >= 0.6 is 0 Å². The van der Waals surface area contributed by atoms with Gasteiger partial charge in [-0.1, -0.05) is 6.07 Å². The first-order valence-corrected chi connectivity index (χ1v) is 14.6. The maximum absolute atomic E-state index is 12.9. The molecule has 0 aliphatic rings. The van der Waals surface area contributed by atoms with Gasteiger partial charge in [-0.2, -0.15) is 5.10 Å². The minimum Gasteiger partial charge on any atom is -0.490 e. The van der Waals surface area contributed by atoms with Crippen molar-refractivity contribution in [2.24, 2.45) is 5.10 Å². The Kier molecular flexibility index (Phi) is 11.6. The van der Waals surface area contributed by atoms with Crippen molar-refractivity contribution in [1.29, 1.82) is 0 Å². The normalized spacial score (nSPS) is 10.6. The molecule has 2 amide bonds. The Labute approximate surface area is 270 Å². The molecule has 13 heteroatoms. The van der Waals surface area contributed by atoms with Crippen molar-refractivity contribution in [3.63, 3.8) is 0 Å². The number of carbonyl (C=O) groups is 3. The molecule has 0 atom stereocenters. The molecule has 0 fully saturated rings. The molecular formula is C34H32N4O9. The molecule has 0 unspecified atom stereocenters. The van der Waals surface area contributed by atoms with Crippen molar-refractivity contribution in [2.75, 3.05) is 25.1 Å². The van der Waals surface area contributed by atoms with Gasteiger partial charge in [-0.25, -0.2) is 10.2 Å². The van der Waals surface area contributed by atoms with Crippen LogP contribution in [0.5, 0.6) is 23.0 Å². The van der Waals surface area contributed by atoms with Crippen molar-refractivity contribution in [1.82, 2.24) is 5.43 Å². The monoisotopic (exact) mass is 640 g/mol. The lowest BCUT2D eigenvalue weighted by Gasteiger charge is -2.13. The average Bonchev–Trinajstić information content (AvgIpc) is 3.07. The van der Waals surface area contributed by atoms with Crippen LogP contribution in [0.2, 0.25) is 0 Å². The summed E-state index contributed by atoms with van der Waals surface area (Å²) in [5, 5.41) is 17.7. The molecule has 0 aliphatic heterocycles. The van der Waals surface area contributed by atoms with Crippen LogP contribution in [0.3, 0.4) is 0 Å². The fourth-order valence-electron chi connectivity index (χ4n) is 4.20. The number of hydrogen-bond donors (Lipinski definition) is 2. The highest BCUT2D eigenvalue weighted by Gasteiger charge is 2.16. The van der Waals surface area contributed by atoms with Crippen molar-refractivity contribution in [3.8, 4) is 23.0 Å². The molecule has 4 rings (SSSR count). The number of esters is 1. The summed E-state index contributed by atoms with van der Waals surface area (Å²) in [6, 6.07) is 21.0. The van der Waals surface area contributed by atoms with Crippen molar-refractivity contribution in [2.45, 2.75) is 20.8 Å². The van der Waals surface area contributed by atoms with E-state index >= 15 is 0 Å². The SMILES string of the molecule is CCOc1ccc(C(=O)Nc2cccc(C(=O)NN=Cc3ccc(OC(=O)c4ccc([N+](=O)[O-])cc4)c(OCC)c3)c2)cc1OCC. The smallest absolute Gasteiger partial charge is 0.343 e. The maximum atomic E-state index is 12.9. The zero-order valence-corrected chi connectivity index (χ0v) is 25.9. The lowest BCUT2D eigenvalue weighted by molar-refractivity contribution is -0.384. The molecule has 0 heterocycles. The van der Waals surface area contributed by atoms with Crippen LogP contribution in [0.4, 0.5) is 11.4 Å². The summed E-state index contributed by atoms with van der Waals surface area (Å²) >= 11 is 0. The minimum atomic E-state index is -0.720. The first-order chi connectivity index (χ1) is 22.7. The minimum absolute atomic E-state index is 0.127. The highest BCUT2D eigenvalue weighted by molar-refractivity contribution is 6.05. The van der Waals surface area contributed by atoms with Crippen molar-refractivity contribution < 1.29 is 38.3 Å². The van der Waals surface area contributed by atoms with Crippen LogP contribution in [0.15, 0.2) is 90.0 Å². The highest BCUT2D eigenvalue weighted by Crippen LogP contribution is 2.30. The van der Waals surface area contributed by atoms with Crippen LogP contribution in [0, 0.1) is 10.1 Å². The number of rotatable bonds is 14. The second-order valence-electron chi connectivity index (χ2n) is 9.59. The molecular weight excluding hydrogens is 608 g/mol. The molecule has 242 valence electrons. The molecule has 0 aliphatic carbocycles. The number of nitrogens with zero attached hydrogens (tertiary/aromatic N) is 2. The van der Waals surface area contributed by atoms with E-state index in [1.165, 1.54) is 42.6 Å². The molecule has 4 aromatic rings. The van der Waals surface area contributed by atoms with Crippen molar-refractivity contribution >= 4 is 35.4 Å².